The van der Waals surface area contributed by atoms with Gasteiger partial charge in [-0.3, -0.25) is 19.7 Å². The number of imide groups is 1. The molecule has 1 unspecified atom stereocenters. The largest absolute Gasteiger partial charge is 0.573 e. The number of nitrogens with one attached hydrogen (secondary N) is 1. The van der Waals surface area contributed by atoms with Gasteiger partial charge in [-0.2, -0.15) is 0 Å². The Morgan fingerprint density at radius 2 is 1.58 bits per heavy atom. The summed E-state index contributed by atoms with van der Waals surface area (Å²) in [6.45, 7) is 2.77. The standard InChI is InChI=1S/C23H24F3N3O8S/c1-22(2)20(31)28(21(32)27-22)12-11-15(29(33)14-30)13-38(34,35)19-9-7-17(8-10-19)36-16-3-5-18(6-4-16)37-23(24,25)26/h3-10,14-15,33H,11-13H2,1-2H3,(H,27,32). The van der Waals surface area contributed by atoms with Crippen molar-refractivity contribution in [1.82, 2.24) is 15.3 Å². The smallest absolute Gasteiger partial charge is 0.457 e. The lowest BCUT2D eigenvalue weighted by Crippen LogP contribution is -2.42. The summed E-state index contributed by atoms with van der Waals surface area (Å²) in [4.78, 5) is 36.3. The van der Waals surface area contributed by atoms with Gasteiger partial charge in [0.2, 0.25) is 6.41 Å². The zero-order chi connectivity index (χ0) is 28.3. The Morgan fingerprint density at radius 3 is 2.05 bits per heavy atom. The monoisotopic (exact) mass is 559 g/mol. The highest BCUT2D eigenvalue weighted by Crippen LogP contribution is 2.28. The highest BCUT2D eigenvalue weighted by atomic mass is 32.2. The van der Waals surface area contributed by atoms with Gasteiger partial charge in [-0.15, -0.1) is 13.2 Å². The summed E-state index contributed by atoms with van der Waals surface area (Å²) in [6.07, 6.45) is -5.02. The van der Waals surface area contributed by atoms with Gasteiger partial charge in [0.05, 0.1) is 16.7 Å². The number of benzene rings is 2. The van der Waals surface area contributed by atoms with Crippen LogP contribution in [0.3, 0.4) is 0 Å². The lowest BCUT2D eigenvalue weighted by Gasteiger charge is -2.24. The summed E-state index contributed by atoms with van der Waals surface area (Å²) in [6, 6.07) is 7.69. The molecule has 11 nitrogen and oxygen atoms in total. The molecule has 0 bridgehead atoms. The van der Waals surface area contributed by atoms with Crippen molar-refractivity contribution in [2.75, 3.05) is 12.3 Å². The number of hydrogen-bond donors (Lipinski definition) is 2. The van der Waals surface area contributed by atoms with Crippen LogP contribution in [0.25, 0.3) is 0 Å². The Labute approximate surface area is 215 Å². The van der Waals surface area contributed by atoms with Gasteiger partial charge in [0.25, 0.3) is 5.91 Å². The van der Waals surface area contributed by atoms with Gasteiger partial charge in [-0.25, -0.2) is 18.3 Å². The number of carbonyl (C=O) groups is 3. The van der Waals surface area contributed by atoms with Gasteiger partial charge in [-0.1, -0.05) is 0 Å². The van der Waals surface area contributed by atoms with Crippen LogP contribution in [0.2, 0.25) is 0 Å². The van der Waals surface area contributed by atoms with E-state index in [0.29, 0.717) is 0 Å². The summed E-state index contributed by atoms with van der Waals surface area (Å²) >= 11 is 0. The Balaban J connectivity index is 1.66. The zero-order valence-electron chi connectivity index (χ0n) is 20.1. The number of nitrogens with zero attached hydrogens (tertiary/aromatic N) is 2. The van der Waals surface area contributed by atoms with Crippen molar-refractivity contribution < 1.29 is 50.7 Å². The zero-order valence-corrected chi connectivity index (χ0v) is 21.0. The molecule has 4 amide bonds. The molecular formula is C23H24F3N3O8S. The first-order valence-electron chi connectivity index (χ1n) is 11.0. The first kappa shape index (κ1) is 28.7. The molecule has 1 fully saturated rings. The van der Waals surface area contributed by atoms with E-state index < -0.39 is 51.2 Å². The van der Waals surface area contributed by atoms with Crippen molar-refractivity contribution in [3.8, 4) is 17.2 Å². The Morgan fingerprint density at radius 1 is 1.05 bits per heavy atom. The van der Waals surface area contributed by atoms with Gasteiger partial charge in [0.15, 0.2) is 9.84 Å². The molecule has 2 N–H and O–H groups in total. The number of amides is 4. The molecule has 206 valence electrons. The number of urea groups is 1. The first-order valence-corrected chi connectivity index (χ1v) is 12.7. The molecule has 1 aliphatic rings. The number of hydroxylamine groups is 2. The molecular weight excluding hydrogens is 535 g/mol. The Hall–Kier alpha value is -3.85. The van der Waals surface area contributed by atoms with E-state index in [1.165, 1.54) is 50.2 Å². The Kier molecular flexibility index (Phi) is 8.21. The number of rotatable bonds is 11. The third-order valence-corrected chi connectivity index (χ3v) is 7.31. The second-order valence-corrected chi connectivity index (χ2v) is 10.8. The van der Waals surface area contributed by atoms with Crippen molar-refractivity contribution in [1.29, 1.82) is 0 Å². The molecule has 0 spiro atoms. The van der Waals surface area contributed by atoms with Crippen molar-refractivity contribution >= 4 is 28.2 Å². The van der Waals surface area contributed by atoms with Gasteiger partial charge in [0.1, 0.15) is 22.8 Å². The van der Waals surface area contributed by atoms with E-state index in [1.807, 2.05) is 0 Å². The first-order chi connectivity index (χ1) is 17.6. The quantitative estimate of drug-likeness (QED) is 0.185. The molecule has 15 heteroatoms. The maximum absolute atomic E-state index is 13.0. The van der Waals surface area contributed by atoms with E-state index in [9.17, 15) is 41.2 Å². The summed E-state index contributed by atoms with van der Waals surface area (Å²) in [7, 11) is -4.07. The number of ether oxygens (including phenoxy) is 2. The number of halogens is 3. The highest BCUT2D eigenvalue weighted by molar-refractivity contribution is 7.91. The van der Waals surface area contributed by atoms with E-state index in [-0.39, 0.29) is 40.8 Å². The van der Waals surface area contributed by atoms with Gasteiger partial charge >= 0.3 is 12.4 Å². The van der Waals surface area contributed by atoms with Crippen LogP contribution in [0, 0.1) is 0 Å². The molecule has 1 atom stereocenters. The van der Waals surface area contributed by atoms with Gasteiger partial charge in [0, 0.05) is 6.54 Å². The maximum Gasteiger partial charge on any atom is 0.573 e. The van der Waals surface area contributed by atoms with Crippen LogP contribution in [0.4, 0.5) is 18.0 Å². The fourth-order valence-corrected chi connectivity index (χ4v) is 5.16. The minimum atomic E-state index is -4.83. The average molecular weight is 560 g/mol. The minimum absolute atomic E-state index is 0.0258. The normalized spacial score (nSPS) is 16.1. The molecule has 3 rings (SSSR count). The van der Waals surface area contributed by atoms with E-state index in [0.717, 1.165) is 17.0 Å². The van der Waals surface area contributed by atoms with Crippen LogP contribution < -0.4 is 14.8 Å². The van der Waals surface area contributed by atoms with E-state index in [2.05, 4.69) is 10.1 Å². The third-order valence-electron chi connectivity index (χ3n) is 5.50. The summed E-state index contributed by atoms with van der Waals surface area (Å²) < 4.78 is 72.0. The second-order valence-electron chi connectivity index (χ2n) is 8.81. The third kappa shape index (κ3) is 7.13. The predicted molar refractivity (Wildman–Crippen MR) is 124 cm³/mol. The van der Waals surface area contributed by atoms with Crippen molar-refractivity contribution in [2.24, 2.45) is 0 Å². The van der Waals surface area contributed by atoms with Crippen LogP contribution >= 0.6 is 0 Å². The topological polar surface area (TPSA) is 143 Å². The van der Waals surface area contributed by atoms with E-state index >= 15 is 0 Å². The number of carbonyl (C=O) groups excluding carboxylic acids is 3. The van der Waals surface area contributed by atoms with Crippen LogP contribution in [-0.2, 0) is 19.4 Å². The van der Waals surface area contributed by atoms with Crippen LogP contribution in [0.1, 0.15) is 20.3 Å². The van der Waals surface area contributed by atoms with Crippen LogP contribution in [0.5, 0.6) is 17.2 Å². The fraction of sp³-hybridized carbons (Fsp3) is 0.348. The molecule has 2 aromatic carbocycles. The molecule has 2 aromatic rings. The fourth-order valence-electron chi connectivity index (χ4n) is 3.59. The summed E-state index contributed by atoms with van der Waals surface area (Å²) in [5.41, 5.74) is -1.13. The number of alkyl halides is 3. The van der Waals surface area contributed by atoms with Crippen molar-refractivity contribution in [3.05, 3.63) is 48.5 Å². The molecule has 1 aliphatic heterocycles. The minimum Gasteiger partial charge on any atom is -0.457 e. The van der Waals surface area contributed by atoms with Crippen molar-refractivity contribution in [3.63, 3.8) is 0 Å². The molecule has 0 aromatic heterocycles. The molecule has 0 saturated carbocycles. The molecule has 0 radical (unpaired) electrons. The summed E-state index contributed by atoms with van der Waals surface area (Å²) in [5, 5.41) is 12.6. The lowest BCUT2D eigenvalue weighted by atomic mass is 10.1. The van der Waals surface area contributed by atoms with E-state index in [1.54, 1.807) is 0 Å². The number of sulfone groups is 1. The SMILES string of the molecule is CC1(C)NC(=O)N(CCC(CS(=O)(=O)c2ccc(Oc3ccc(OC(F)(F)F)cc3)cc2)N(O)C=O)C1=O. The van der Waals surface area contributed by atoms with Crippen LogP contribution in [0.15, 0.2) is 53.4 Å². The average Bonchev–Trinajstić information content (AvgIpc) is 3.02. The Bertz CT molecular complexity index is 1280. The highest BCUT2D eigenvalue weighted by Gasteiger charge is 2.44. The predicted octanol–water partition coefficient (Wildman–Crippen LogP) is 3.09. The molecule has 38 heavy (non-hydrogen) atoms. The van der Waals surface area contributed by atoms with Crippen LogP contribution in [-0.4, -0.2) is 72.2 Å². The molecule has 0 aliphatic carbocycles. The maximum atomic E-state index is 13.0. The van der Waals surface area contributed by atoms with Gasteiger partial charge < -0.3 is 14.8 Å². The lowest BCUT2D eigenvalue weighted by molar-refractivity contribution is -0.274. The second kappa shape index (κ2) is 10.9. The van der Waals surface area contributed by atoms with Gasteiger partial charge in [-0.05, 0) is 68.8 Å². The number of hydrogen-bond acceptors (Lipinski definition) is 8. The molecule has 1 saturated heterocycles. The summed E-state index contributed by atoms with van der Waals surface area (Å²) in [5.74, 6) is -1.33. The molecule has 1 heterocycles. The van der Waals surface area contributed by atoms with E-state index in [4.69, 9.17) is 4.74 Å². The van der Waals surface area contributed by atoms with Crippen molar-refractivity contribution in [2.45, 2.75) is 43.1 Å².